The molecule has 0 aromatic carbocycles. The second kappa shape index (κ2) is 4.87. The summed E-state index contributed by atoms with van der Waals surface area (Å²) in [6, 6.07) is 0.826. The van der Waals surface area contributed by atoms with E-state index < -0.39 is 23.4 Å². The molecule has 0 saturated heterocycles. The Morgan fingerprint density at radius 3 is 2.62 bits per heavy atom. The minimum absolute atomic E-state index is 0.0226. The van der Waals surface area contributed by atoms with Gasteiger partial charge >= 0.3 is 5.97 Å². The number of hydrogen-bond acceptors (Lipinski definition) is 3. The minimum atomic E-state index is -2.86. The summed E-state index contributed by atoms with van der Waals surface area (Å²) in [7, 11) is 0. The second-order valence-corrected chi connectivity index (χ2v) is 3.11. The fraction of sp³-hybridized carbons (Fsp3) is 0.400. The number of aromatic amines is 1. The number of esters is 1. The molecule has 6 heteroatoms. The topological polar surface area (TPSA) is 59.2 Å². The molecule has 0 spiro atoms. The van der Waals surface area contributed by atoms with Crippen LogP contribution in [0.4, 0.5) is 8.78 Å². The highest BCUT2D eigenvalue weighted by atomic mass is 19.3. The Kier molecular flexibility index (Phi) is 3.76. The summed E-state index contributed by atoms with van der Waals surface area (Å²) < 4.78 is 29.5. The van der Waals surface area contributed by atoms with Crippen molar-refractivity contribution >= 4 is 5.97 Å². The van der Waals surface area contributed by atoms with Crippen LogP contribution in [0.3, 0.4) is 0 Å². The molecule has 1 N–H and O–H groups in total. The lowest BCUT2D eigenvalue weighted by Crippen LogP contribution is -2.18. The molecule has 0 bridgehead atoms. The van der Waals surface area contributed by atoms with Crippen molar-refractivity contribution in [1.29, 1.82) is 0 Å². The number of H-pyrrole nitrogens is 1. The highest BCUT2D eigenvalue weighted by Crippen LogP contribution is 2.17. The van der Waals surface area contributed by atoms with Crippen LogP contribution in [0.2, 0.25) is 0 Å². The third-order valence-electron chi connectivity index (χ3n) is 1.98. The Morgan fingerprint density at radius 2 is 2.19 bits per heavy atom. The number of carbonyl (C=O) groups is 1. The molecule has 16 heavy (non-hydrogen) atoms. The molecular formula is C10H11F2NO3. The van der Waals surface area contributed by atoms with Gasteiger partial charge in [0.05, 0.1) is 12.2 Å². The number of carbonyl (C=O) groups excluding carboxylic acids is 1. The zero-order valence-corrected chi connectivity index (χ0v) is 8.84. The van der Waals surface area contributed by atoms with Crippen molar-refractivity contribution in [2.24, 2.45) is 0 Å². The van der Waals surface area contributed by atoms with Crippen molar-refractivity contribution in [2.45, 2.75) is 20.3 Å². The Bertz CT molecular complexity index is 454. The number of alkyl halides is 2. The van der Waals surface area contributed by atoms with E-state index in [0.717, 1.165) is 6.07 Å². The predicted molar refractivity (Wildman–Crippen MR) is 52.7 cm³/mol. The van der Waals surface area contributed by atoms with E-state index in [9.17, 15) is 18.4 Å². The molecule has 0 unspecified atom stereocenters. The fourth-order valence-corrected chi connectivity index (χ4v) is 1.29. The van der Waals surface area contributed by atoms with Crippen molar-refractivity contribution in [3.63, 3.8) is 0 Å². The number of aryl methyl sites for hydroxylation is 1. The van der Waals surface area contributed by atoms with Gasteiger partial charge in [0.2, 0.25) is 0 Å². The maximum atomic E-state index is 12.4. The van der Waals surface area contributed by atoms with Gasteiger partial charge in [-0.15, -0.1) is 0 Å². The van der Waals surface area contributed by atoms with E-state index in [4.69, 9.17) is 0 Å². The van der Waals surface area contributed by atoms with Gasteiger partial charge in [-0.25, -0.2) is 13.6 Å². The van der Waals surface area contributed by atoms with Crippen LogP contribution in [0.25, 0.3) is 0 Å². The third-order valence-corrected chi connectivity index (χ3v) is 1.98. The van der Waals surface area contributed by atoms with Crippen LogP contribution in [0.1, 0.15) is 35.1 Å². The maximum absolute atomic E-state index is 12.4. The summed E-state index contributed by atoms with van der Waals surface area (Å²) in [5.74, 6) is -0.733. The summed E-state index contributed by atoms with van der Waals surface area (Å²) in [6.07, 6.45) is -2.86. The lowest BCUT2D eigenvalue weighted by molar-refractivity contribution is 0.0518. The first-order valence-electron chi connectivity index (χ1n) is 4.66. The molecular weight excluding hydrogens is 220 g/mol. The van der Waals surface area contributed by atoms with E-state index >= 15 is 0 Å². The van der Waals surface area contributed by atoms with Crippen LogP contribution >= 0.6 is 0 Å². The van der Waals surface area contributed by atoms with Gasteiger partial charge in [0.1, 0.15) is 5.69 Å². The van der Waals surface area contributed by atoms with Gasteiger partial charge in [0.25, 0.3) is 6.43 Å². The molecule has 1 aromatic heterocycles. The normalized spacial score (nSPS) is 10.6. The van der Waals surface area contributed by atoms with Crippen molar-refractivity contribution in [2.75, 3.05) is 6.61 Å². The average Bonchev–Trinajstić information content (AvgIpc) is 2.16. The van der Waals surface area contributed by atoms with Crippen molar-refractivity contribution in [1.82, 2.24) is 4.98 Å². The zero-order valence-electron chi connectivity index (χ0n) is 8.84. The summed E-state index contributed by atoms with van der Waals surface area (Å²) in [5.41, 5.74) is -1.62. The van der Waals surface area contributed by atoms with Crippen LogP contribution in [-0.2, 0) is 4.74 Å². The molecule has 0 aliphatic carbocycles. The number of rotatable bonds is 3. The molecule has 4 nitrogen and oxygen atoms in total. The molecule has 0 atom stereocenters. The molecule has 0 aliphatic heterocycles. The van der Waals surface area contributed by atoms with Gasteiger partial charge in [0.15, 0.2) is 5.43 Å². The van der Waals surface area contributed by atoms with E-state index in [0.29, 0.717) is 0 Å². The number of hydrogen-bond donors (Lipinski definition) is 1. The number of halogens is 2. The average molecular weight is 231 g/mol. The fourth-order valence-electron chi connectivity index (χ4n) is 1.29. The number of pyridine rings is 1. The summed E-state index contributed by atoms with van der Waals surface area (Å²) >= 11 is 0. The van der Waals surface area contributed by atoms with Crippen molar-refractivity contribution < 1.29 is 18.3 Å². The maximum Gasteiger partial charge on any atom is 0.354 e. The van der Waals surface area contributed by atoms with Gasteiger partial charge in [-0.05, 0) is 13.8 Å². The summed E-state index contributed by atoms with van der Waals surface area (Å²) in [5, 5.41) is 0. The van der Waals surface area contributed by atoms with E-state index in [1.165, 1.54) is 6.92 Å². The van der Waals surface area contributed by atoms with Crippen LogP contribution in [0.15, 0.2) is 10.9 Å². The molecule has 0 amide bonds. The third kappa shape index (κ3) is 2.44. The van der Waals surface area contributed by atoms with Crippen LogP contribution in [0.5, 0.6) is 0 Å². The summed E-state index contributed by atoms with van der Waals surface area (Å²) in [4.78, 5) is 25.0. The van der Waals surface area contributed by atoms with Crippen LogP contribution in [0, 0.1) is 6.92 Å². The first-order chi connectivity index (χ1) is 7.47. The first kappa shape index (κ1) is 12.4. The zero-order chi connectivity index (χ0) is 12.3. The first-order valence-corrected chi connectivity index (χ1v) is 4.66. The van der Waals surface area contributed by atoms with Crippen molar-refractivity contribution in [3.05, 3.63) is 33.2 Å². The number of nitrogens with one attached hydrogen (secondary N) is 1. The number of ether oxygens (including phenoxy) is 1. The van der Waals surface area contributed by atoms with Gasteiger partial charge in [-0.2, -0.15) is 0 Å². The smallest absolute Gasteiger partial charge is 0.354 e. The molecule has 1 aromatic rings. The molecule has 1 heterocycles. The quantitative estimate of drug-likeness (QED) is 0.807. The predicted octanol–water partition coefficient (Wildman–Crippen LogP) is 1.80. The lowest BCUT2D eigenvalue weighted by Gasteiger charge is -2.07. The van der Waals surface area contributed by atoms with Gasteiger partial charge in [-0.3, -0.25) is 4.79 Å². The van der Waals surface area contributed by atoms with Gasteiger partial charge in [0, 0.05) is 11.8 Å². The van der Waals surface area contributed by atoms with Gasteiger partial charge < -0.3 is 9.72 Å². The van der Waals surface area contributed by atoms with Crippen LogP contribution < -0.4 is 5.43 Å². The van der Waals surface area contributed by atoms with E-state index in [1.54, 1.807) is 6.92 Å². The standard InChI is InChI=1S/C10H11F2NO3/c1-3-16-10(15)6-4-7(14)8(9(11)12)5(2)13-6/h4,9H,3H2,1-2H3,(H,13,14). The van der Waals surface area contributed by atoms with E-state index in [2.05, 4.69) is 9.72 Å². The second-order valence-electron chi connectivity index (χ2n) is 3.11. The monoisotopic (exact) mass is 231 g/mol. The molecule has 0 aliphatic rings. The Hall–Kier alpha value is -1.72. The molecule has 88 valence electrons. The van der Waals surface area contributed by atoms with Crippen LogP contribution in [-0.4, -0.2) is 17.6 Å². The Morgan fingerprint density at radius 1 is 1.56 bits per heavy atom. The minimum Gasteiger partial charge on any atom is -0.461 e. The molecule has 1 rings (SSSR count). The molecule has 0 fully saturated rings. The highest BCUT2D eigenvalue weighted by molar-refractivity contribution is 5.87. The largest absolute Gasteiger partial charge is 0.461 e. The van der Waals surface area contributed by atoms with Crippen molar-refractivity contribution in [3.8, 4) is 0 Å². The Labute approximate surface area is 90.2 Å². The molecule has 0 radical (unpaired) electrons. The molecule has 0 saturated carbocycles. The van der Waals surface area contributed by atoms with E-state index in [-0.39, 0.29) is 18.0 Å². The summed E-state index contributed by atoms with van der Waals surface area (Å²) in [6.45, 7) is 3.07. The van der Waals surface area contributed by atoms with E-state index in [1.807, 2.05) is 0 Å². The SMILES string of the molecule is CCOC(=O)c1cc(=O)c(C(F)F)c(C)[nH]1. The highest BCUT2D eigenvalue weighted by Gasteiger charge is 2.18. The Balaban J connectivity index is 3.20. The lowest BCUT2D eigenvalue weighted by atomic mass is 10.2. The van der Waals surface area contributed by atoms with Gasteiger partial charge in [-0.1, -0.05) is 0 Å². The number of aromatic nitrogens is 1.